The Bertz CT molecular complexity index is 591. The standard InChI is InChI=1S/C17H22N2O/c1-11-7-13(3)15(8-12(11)2)16(18)9-14-5-6-17(20-4)19-10-14/h5-8,10,16H,9,18H2,1-4H3. The lowest BCUT2D eigenvalue weighted by Crippen LogP contribution is -2.15. The van der Waals surface area contributed by atoms with Crippen LogP contribution in [0.1, 0.15) is 33.9 Å². The molecule has 1 unspecified atom stereocenters. The molecule has 3 nitrogen and oxygen atoms in total. The summed E-state index contributed by atoms with van der Waals surface area (Å²) in [4.78, 5) is 4.22. The van der Waals surface area contributed by atoms with E-state index in [1.165, 1.54) is 22.3 Å². The van der Waals surface area contributed by atoms with Crippen molar-refractivity contribution in [2.45, 2.75) is 33.2 Å². The van der Waals surface area contributed by atoms with Gasteiger partial charge in [0.15, 0.2) is 0 Å². The van der Waals surface area contributed by atoms with Gasteiger partial charge in [-0.15, -0.1) is 0 Å². The SMILES string of the molecule is COc1ccc(CC(N)c2cc(C)c(C)cc2C)cn1. The van der Waals surface area contributed by atoms with Gasteiger partial charge in [0.05, 0.1) is 7.11 Å². The maximum absolute atomic E-state index is 6.36. The van der Waals surface area contributed by atoms with Crippen molar-refractivity contribution in [2.24, 2.45) is 5.73 Å². The molecule has 1 atom stereocenters. The summed E-state index contributed by atoms with van der Waals surface area (Å²) in [6.07, 6.45) is 2.61. The Morgan fingerprint density at radius 2 is 1.80 bits per heavy atom. The van der Waals surface area contributed by atoms with Crippen molar-refractivity contribution >= 4 is 0 Å². The quantitative estimate of drug-likeness (QED) is 0.927. The van der Waals surface area contributed by atoms with Gasteiger partial charge in [0, 0.05) is 18.3 Å². The first-order valence-electron chi connectivity index (χ1n) is 6.83. The van der Waals surface area contributed by atoms with Crippen molar-refractivity contribution in [1.82, 2.24) is 4.98 Å². The summed E-state index contributed by atoms with van der Waals surface area (Å²) in [6, 6.07) is 8.28. The van der Waals surface area contributed by atoms with Crippen LogP contribution in [0.4, 0.5) is 0 Å². The highest BCUT2D eigenvalue weighted by Gasteiger charge is 2.11. The Morgan fingerprint density at radius 1 is 1.10 bits per heavy atom. The molecular weight excluding hydrogens is 248 g/mol. The molecule has 106 valence electrons. The molecule has 2 rings (SSSR count). The molecule has 0 bridgehead atoms. The number of methoxy groups -OCH3 is 1. The third-order valence-corrected chi connectivity index (χ3v) is 3.74. The van der Waals surface area contributed by atoms with Crippen LogP contribution in [0.5, 0.6) is 5.88 Å². The molecule has 1 aromatic heterocycles. The van der Waals surface area contributed by atoms with E-state index < -0.39 is 0 Å². The lowest BCUT2D eigenvalue weighted by Gasteiger charge is -2.17. The van der Waals surface area contributed by atoms with Crippen molar-refractivity contribution in [2.75, 3.05) is 7.11 Å². The van der Waals surface area contributed by atoms with E-state index in [2.05, 4.69) is 37.9 Å². The molecule has 1 aromatic carbocycles. The van der Waals surface area contributed by atoms with E-state index in [0.29, 0.717) is 5.88 Å². The minimum absolute atomic E-state index is 0.00973. The molecule has 0 radical (unpaired) electrons. The Kier molecular flexibility index (Phi) is 4.40. The highest BCUT2D eigenvalue weighted by molar-refractivity contribution is 5.38. The number of ether oxygens (including phenoxy) is 1. The minimum Gasteiger partial charge on any atom is -0.481 e. The van der Waals surface area contributed by atoms with Gasteiger partial charge in [0.25, 0.3) is 0 Å². The fraction of sp³-hybridized carbons (Fsp3) is 0.353. The van der Waals surface area contributed by atoms with Crippen LogP contribution in [0.25, 0.3) is 0 Å². The Morgan fingerprint density at radius 3 is 2.40 bits per heavy atom. The van der Waals surface area contributed by atoms with Crippen LogP contribution >= 0.6 is 0 Å². The average Bonchev–Trinajstić information content (AvgIpc) is 2.43. The van der Waals surface area contributed by atoms with E-state index in [-0.39, 0.29) is 6.04 Å². The highest BCUT2D eigenvalue weighted by atomic mass is 16.5. The van der Waals surface area contributed by atoms with E-state index in [1.54, 1.807) is 7.11 Å². The summed E-state index contributed by atoms with van der Waals surface area (Å²) in [5, 5.41) is 0. The third kappa shape index (κ3) is 3.17. The van der Waals surface area contributed by atoms with Crippen molar-refractivity contribution in [3.63, 3.8) is 0 Å². The zero-order valence-corrected chi connectivity index (χ0v) is 12.6. The minimum atomic E-state index is -0.00973. The predicted molar refractivity (Wildman–Crippen MR) is 82.1 cm³/mol. The van der Waals surface area contributed by atoms with E-state index in [1.807, 2.05) is 18.3 Å². The predicted octanol–water partition coefficient (Wildman–Crippen LogP) is 3.26. The number of hydrogen-bond donors (Lipinski definition) is 1. The number of hydrogen-bond acceptors (Lipinski definition) is 3. The summed E-state index contributed by atoms with van der Waals surface area (Å²) < 4.78 is 5.06. The smallest absolute Gasteiger partial charge is 0.212 e. The van der Waals surface area contributed by atoms with E-state index in [4.69, 9.17) is 10.5 Å². The molecule has 1 heterocycles. The Balaban J connectivity index is 2.18. The molecule has 0 amide bonds. The first kappa shape index (κ1) is 14.5. The summed E-state index contributed by atoms with van der Waals surface area (Å²) in [5.41, 5.74) is 12.5. The molecule has 0 aliphatic heterocycles. The van der Waals surface area contributed by atoms with Crippen LogP contribution in [-0.4, -0.2) is 12.1 Å². The fourth-order valence-electron chi connectivity index (χ4n) is 2.40. The number of pyridine rings is 1. The van der Waals surface area contributed by atoms with Crippen LogP contribution in [0.15, 0.2) is 30.5 Å². The number of aryl methyl sites for hydroxylation is 3. The normalized spacial score (nSPS) is 12.2. The number of rotatable bonds is 4. The van der Waals surface area contributed by atoms with Gasteiger partial charge in [-0.25, -0.2) is 4.98 Å². The van der Waals surface area contributed by atoms with Gasteiger partial charge in [0.1, 0.15) is 0 Å². The third-order valence-electron chi connectivity index (χ3n) is 3.74. The largest absolute Gasteiger partial charge is 0.481 e. The molecule has 0 aliphatic carbocycles. The molecular formula is C17H22N2O. The summed E-state index contributed by atoms with van der Waals surface area (Å²) in [5.74, 6) is 0.629. The topological polar surface area (TPSA) is 48.1 Å². The molecule has 2 aromatic rings. The zero-order valence-electron chi connectivity index (χ0n) is 12.6. The van der Waals surface area contributed by atoms with Crippen LogP contribution in [0.3, 0.4) is 0 Å². The van der Waals surface area contributed by atoms with E-state index in [0.717, 1.165) is 12.0 Å². The summed E-state index contributed by atoms with van der Waals surface area (Å²) in [7, 11) is 1.62. The van der Waals surface area contributed by atoms with Gasteiger partial charge < -0.3 is 10.5 Å². The van der Waals surface area contributed by atoms with Crippen LogP contribution < -0.4 is 10.5 Å². The highest BCUT2D eigenvalue weighted by Crippen LogP contribution is 2.23. The lowest BCUT2D eigenvalue weighted by atomic mass is 9.93. The first-order chi connectivity index (χ1) is 9.51. The average molecular weight is 270 g/mol. The Labute approximate surface area is 120 Å². The molecule has 0 aliphatic rings. The lowest BCUT2D eigenvalue weighted by molar-refractivity contribution is 0.397. The number of nitrogens with two attached hydrogens (primary N) is 1. The van der Waals surface area contributed by atoms with Gasteiger partial charge in [-0.05, 0) is 55.0 Å². The molecule has 0 saturated heterocycles. The zero-order chi connectivity index (χ0) is 14.7. The van der Waals surface area contributed by atoms with Crippen LogP contribution in [0, 0.1) is 20.8 Å². The first-order valence-corrected chi connectivity index (χ1v) is 6.83. The monoisotopic (exact) mass is 270 g/mol. The molecule has 3 heteroatoms. The second-order valence-electron chi connectivity index (χ2n) is 5.31. The number of benzene rings is 1. The van der Waals surface area contributed by atoms with Crippen molar-refractivity contribution < 1.29 is 4.74 Å². The van der Waals surface area contributed by atoms with E-state index >= 15 is 0 Å². The molecule has 0 fully saturated rings. The summed E-state index contributed by atoms with van der Waals surface area (Å²) in [6.45, 7) is 6.37. The number of nitrogens with zero attached hydrogens (tertiary/aromatic N) is 1. The molecule has 2 N–H and O–H groups in total. The molecule has 20 heavy (non-hydrogen) atoms. The molecule has 0 spiro atoms. The van der Waals surface area contributed by atoms with Crippen molar-refractivity contribution in [3.8, 4) is 5.88 Å². The maximum atomic E-state index is 6.36. The van der Waals surface area contributed by atoms with Gasteiger partial charge in [-0.2, -0.15) is 0 Å². The second-order valence-corrected chi connectivity index (χ2v) is 5.31. The van der Waals surface area contributed by atoms with Crippen molar-refractivity contribution in [3.05, 3.63) is 58.3 Å². The fourth-order valence-corrected chi connectivity index (χ4v) is 2.40. The van der Waals surface area contributed by atoms with Crippen molar-refractivity contribution in [1.29, 1.82) is 0 Å². The van der Waals surface area contributed by atoms with Gasteiger partial charge in [-0.1, -0.05) is 18.2 Å². The van der Waals surface area contributed by atoms with Gasteiger partial charge in [-0.3, -0.25) is 0 Å². The second kappa shape index (κ2) is 6.06. The maximum Gasteiger partial charge on any atom is 0.212 e. The molecule has 0 saturated carbocycles. The van der Waals surface area contributed by atoms with E-state index in [9.17, 15) is 0 Å². The van der Waals surface area contributed by atoms with Crippen LogP contribution in [0.2, 0.25) is 0 Å². The van der Waals surface area contributed by atoms with Crippen LogP contribution in [-0.2, 0) is 6.42 Å². The van der Waals surface area contributed by atoms with Gasteiger partial charge in [0.2, 0.25) is 5.88 Å². The summed E-state index contributed by atoms with van der Waals surface area (Å²) >= 11 is 0. The van der Waals surface area contributed by atoms with Gasteiger partial charge >= 0.3 is 0 Å². The Hall–Kier alpha value is -1.87. The number of aromatic nitrogens is 1.